The predicted octanol–water partition coefficient (Wildman–Crippen LogP) is 15.5. The highest BCUT2D eigenvalue weighted by Gasteiger charge is 2.24. The van der Waals surface area contributed by atoms with E-state index in [0.717, 1.165) is 93.5 Å². The molecule has 0 fully saturated rings. The van der Waals surface area contributed by atoms with E-state index in [2.05, 4.69) is 179 Å². The fourth-order valence-electron chi connectivity index (χ4n) is 10.6. The zero-order valence-corrected chi connectivity index (χ0v) is 35.1. The molecule has 15 rings (SSSR count). The lowest BCUT2D eigenvalue weighted by Crippen LogP contribution is -2.07. The Kier molecular flexibility index (Phi) is 7.10. The van der Waals surface area contributed by atoms with Crippen LogP contribution in [0.1, 0.15) is 0 Å². The van der Waals surface area contributed by atoms with E-state index < -0.39 is 0 Å². The van der Waals surface area contributed by atoms with Gasteiger partial charge in [-0.15, -0.1) is 0 Å². The summed E-state index contributed by atoms with van der Waals surface area (Å²) in [5.74, 6) is 1.57. The average Bonchev–Trinajstić information content (AvgIpc) is 4.12. The van der Waals surface area contributed by atoms with Crippen LogP contribution in [0.25, 0.3) is 143 Å². The van der Waals surface area contributed by atoms with Gasteiger partial charge in [0.15, 0.2) is 11.6 Å². The fraction of sp³-hybridized carbons (Fsp3) is 0. The van der Waals surface area contributed by atoms with Crippen molar-refractivity contribution >= 4 is 109 Å². The molecular weight excluding hydrogens is 811 g/mol. The van der Waals surface area contributed by atoms with E-state index in [1.165, 1.54) is 32.3 Å². The summed E-state index contributed by atoms with van der Waals surface area (Å²) in [6, 6.07) is 70.3. The van der Waals surface area contributed by atoms with Gasteiger partial charge >= 0.3 is 0 Å². The van der Waals surface area contributed by atoms with Crippen molar-refractivity contribution in [1.29, 1.82) is 0 Å². The summed E-state index contributed by atoms with van der Waals surface area (Å²) < 4.78 is 17.8. The standard InChI is InChI=1S/C59H33N5O2/c1-2-15-36-30-50-45(29-35(36)14-1)55-39-16-4-3-13-34(39)26-28-49(55)63(50)38-32-46(56-44-20-8-12-24-52(44)66-54(56)33-38)58-60-57(37-25-27-43-42-19-7-11-23-51(42)65-53(43)31-37)61-59(62-58)64-47-21-9-5-17-40(47)41-18-6-10-22-48(41)64/h1-33H. The maximum atomic E-state index is 6.83. The lowest BCUT2D eigenvalue weighted by molar-refractivity contribution is 0.668. The van der Waals surface area contributed by atoms with Crippen molar-refractivity contribution in [3.05, 3.63) is 200 Å². The molecular formula is C59H33N5O2. The Labute approximate surface area is 375 Å². The summed E-state index contributed by atoms with van der Waals surface area (Å²) in [6.45, 7) is 0. The number of para-hydroxylation sites is 4. The van der Waals surface area contributed by atoms with Crippen molar-refractivity contribution in [1.82, 2.24) is 24.1 Å². The van der Waals surface area contributed by atoms with Gasteiger partial charge < -0.3 is 13.4 Å². The topological polar surface area (TPSA) is 74.8 Å². The molecule has 7 heteroatoms. The highest BCUT2D eigenvalue weighted by atomic mass is 16.3. The second kappa shape index (κ2) is 13.2. The van der Waals surface area contributed by atoms with Gasteiger partial charge in [0.1, 0.15) is 22.3 Å². The molecule has 0 saturated carbocycles. The van der Waals surface area contributed by atoms with Crippen LogP contribution in [0.4, 0.5) is 0 Å². The Bertz CT molecular complexity index is 4500. The normalized spacial score (nSPS) is 12.2. The van der Waals surface area contributed by atoms with E-state index in [4.69, 9.17) is 23.8 Å². The molecule has 5 heterocycles. The number of aromatic nitrogens is 5. The zero-order chi connectivity index (χ0) is 43.0. The molecule has 0 N–H and O–H groups in total. The quantitative estimate of drug-likeness (QED) is 0.176. The Morgan fingerprint density at radius 1 is 0.318 bits per heavy atom. The van der Waals surface area contributed by atoms with Crippen LogP contribution < -0.4 is 0 Å². The molecule has 0 radical (unpaired) electrons. The van der Waals surface area contributed by atoms with Crippen molar-refractivity contribution in [2.75, 3.05) is 0 Å². The highest BCUT2D eigenvalue weighted by Crippen LogP contribution is 2.43. The minimum atomic E-state index is 0.512. The fourth-order valence-corrected chi connectivity index (χ4v) is 10.6. The third-order valence-electron chi connectivity index (χ3n) is 13.5. The number of fused-ring (bicyclic) bond motifs is 15. The summed E-state index contributed by atoms with van der Waals surface area (Å²) in [6.07, 6.45) is 0. The lowest BCUT2D eigenvalue weighted by Gasteiger charge is -2.14. The van der Waals surface area contributed by atoms with Crippen LogP contribution in [0.15, 0.2) is 209 Å². The number of hydrogen-bond donors (Lipinski definition) is 0. The minimum absolute atomic E-state index is 0.512. The van der Waals surface area contributed by atoms with Crippen molar-refractivity contribution in [3.63, 3.8) is 0 Å². The summed E-state index contributed by atoms with van der Waals surface area (Å²) in [5, 5.41) is 13.4. The number of benzene rings is 10. The molecule has 0 saturated heterocycles. The lowest BCUT2D eigenvalue weighted by atomic mass is 10.0. The minimum Gasteiger partial charge on any atom is -0.456 e. The van der Waals surface area contributed by atoms with Crippen LogP contribution in [0.3, 0.4) is 0 Å². The first-order valence-corrected chi connectivity index (χ1v) is 22.2. The summed E-state index contributed by atoms with van der Waals surface area (Å²) in [5.41, 5.74) is 9.93. The average molecular weight is 844 g/mol. The van der Waals surface area contributed by atoms with Gasteiger partial charge in [-0.25, -0.2) is 4.98 Å². The van der Waals surface area contributed by atoms with Crippen molar-refractivity contribution < 1.29 is 8.83 Å². The molecule has 0 aliphatic heterocycles. The van der Waals surface area contributed by atoms with Gasteiger partial charge in [-0.3, -0.25) is 4.57 Å². The van der Waals surface area contributed by atoms with E-state index in [0.29, 0.717) is 17.6 Å². The largest absolute Gasteiger partial charge is 0.456 e. The van der Waals surface area contributed by atoms with Crippen LogP contribution >= 0.6 is 0 Å². The molecule has 5 aromatic heterocycles. The van der Waals surface area contributed by atoms with E-state index in [-0.39, 0.29) is 0 Å². The van der Waals surface area contributed by atoms with E-state index in [1.54, 1.807) is 0 Å². The maximum Gasteiger partial charge on any atom is 0.238 e. The third-order valence-corrected chi connectivity index (χ3v) is 13.5. The molecule has 0 bridgehead atoms. The number of rotatable bonds is 4. The second-order valence-corrected chi connectivity index (χ2v) is 17.2. The second-order valence-electron chi connectivity index (χ2n) is 17.2. The van der Waals surface area contributed by atoms with Crippen LogP contribution in [0.2, 0.25) is 0 Å². The Morgan fingerprint density at radius 2 is 0.924 bits per heavy atom. The Hall–Kier alpha value is -9.07. The Morgan fingerprint density at radius 3 is 1.71 bits per heavy atom. The first kappa shape index (κ1) is 35.4. The molecule has 66 heavy (non-hydrogen) atoms. The molecule has 10 aromatic carbocycles. The van der Waals surface area contributed by atoms with Gasteiger partial charge in [0, 0.05) is 60.3 Å². The van der Waals surface area contributed by atoms with E-state index >= 15 is 0 Å². The van der Waals surface area contributed by atoms with Gasteiger partial charge in [0.25, 0.3) is 0 Å². The molecule has 306 valence electrons. The number of hydrogen-bond acceptors (Lipinski definition) is 5. The van der Waals surface area contributed by atoms with Gasteiger partial charge in [-0.1, -0.05) is 133 Å². The maximum absolute atomic E-state index is 6.83. The van der Waals surface area contributed by atoms with Crippen LogP contribution in [0.5, 0.6) is 0 Å². The predicted molar refractivity (Wildman–Crippen MR) is 269 cm³/mol. The summed E-state index contributed by atoms with van der Waals surface area (Å²) in [7, 11) is 0. The van der Waals surface area contributed by atoms with Gasteiger partial charge in [-0.05, 0) is 82.2 Å². The molecule has 0 spiro atoms. The molecule has 0 atom stereocenters. The monoisotopic (exact) mass is 843 g/mol. The van der Waals surface area contributed by atoms with Crippen LogP contribution in [0, 0.1) is 0 Å². The van der Waals surface area contributed by atoms with Crippen molar-refractivity contribution in [2.24, 2.45) is 0 Å². The van der Waals surface area contributed by atoms with E-state index in [9.17, 15) is 0 Å². The van der Waals surface area contributed by atoms with Gasteiger partial charge in [0.2, 0.25) is 5.95 Å². The smallest absolute Gasteiger partial charge is 0.238 e. The van der Waals surface area contributed by atoms with Crippen molar-refractivity contribution in [3.8, 4) is 34.4 Å². The zero-order valence-electron chi connectivity index (χ0n) is 35.1. The molecule has 0 amide bonds. The SMILES string of the molecule is c1ccc2cc3c(cc2c1)c1c2ccccc2ccc1n3-c1cc(-c2nc(-c3ccc4c(c3)oc3ccccc34)nc(-n3c4ccccc4c4ccccc43)n2)c2c(c1)oc1ccccc12. The van der Waals surface area contributed by atoms with Gasteiger partial charge in [0.05, 0.1) is 27.8 Å². The van der Waals surface area contributed by atoms with Crippen molar-refractivity contribution in [2.45, 2.75) is 0 Å². The van der Waals surface area contributed by atoms with Crippen LogP contribution in [-0.2, 0) is 0 Å². The molecule has 15 aromatic rings. The molecule has 0 aliphatic rings. The Balaban J connectivity index is 1.07. The van der Waals surface area contributed by atoms with Crippen LogP contribution in [-0.4, -0.2) is 24.1 Å². The molecule has 0 unspecified atom stereocenters. The molecule has 7 nitrogen and oxygen atoms in total. The summed E-state index contributed by atoms with van der Waals surface area (Å²) in [4.78, 5) is 16.3. The number of nitrogens with zero attached hydrogens (tertiary/aromatic N) is 5. The third kappa shape index (κ3) is 4.99. The first-order valence-electron chi connectivity index (χ1n) is 22.2. The highest BCUT2D eigenvalue weighted by molar-refractivity contribution is 6.24. The molecule has 0 aliphatic carbocycles. The first-order chi connectivity index (χ1) is 32.7. The van der Waals surface area contributed by atoms with Gasteiger partial charge in [-0.2, -0.15) is 9.97 Å². The summed E-state index contributed by atoms with van der Waals surface area (Å²) >= 11 is 0. The number of furan rings is 2. The van der Waals surface area contributed by atoms with E-state index in [1.807, 2.05) is 30.3 Å².